The van der Waals surface area contributed by atoms with Crippen LogP contribution in [0.4, 0.5) is 5.69 Å². The quantitative estimate of drug-likeness (QED) is 0.434. The minimum absolute atomic E-state index is 0.0279. The van der Waals surface area contributed by atoms with Gasteiger partial charge in [-0.15, -0.1) is 0 Å². The van der Waals surface area contributed by atoms with Crippen molar-refractivity contribution in [3.8, 4) is 17.2 Å². The number of fused-ring (bicyclic) bond motifs is 1. The fourth-order valence-corrected chi connectivity index (χ4v) is 4.07. The Kier molecular flexibility index (Phi) is 5.70. The average Bonchev–Trinajstić information content (AvgIpc) is 3.56. The lowest BCUT2D eigenvalue weighted by Crippen LogP contribution is -2.20. The van der Waals surface area contributed by atoms with Gasteiger partial charge >= 0.3 is 0 Å². The molecule has 10 heteroatoms. The fourth-order valence-electron chi connectivity index (χ4n) is 4.07. The van der Waals surface area contributed by atoms with Crippen molar-refractivity contribution in [3.63, 3.8) is 0 Å². The largest absolute Gasteiger partial charge is 0.494 e. The Morgan fingerprint density at radius 2 is 2.24 bits per heavy atom. The van der Waals surface area contributed by atoms with Gasteiger partial charge in [-0.25, -0.2) is 4.98 Å². The molecule has 1 aliphatic heterocycles. The van der Waals surface area contributed by atoms with Crippen molar-refractivity contribution in [2.24, 2.45) is 5.92 Å². The van der Waals surface area contributed by atoms with Crippen molar-refractivity contribution in [1.82, 2.24) is 25.1 Å². The summed E-state index contributed by atoms with van der Waals surface area (Å²) in [7, 11) is 1.53. The Morgan fingerprint density at radius 3 is 3.00 bits per heavy atom. The second-order valence-corrected chi connectivity index (χ2v) is 8.25. The second kappa shape index (κ2) is 8.97. The summed E-state index contributed by atoms with van der Waals surface area (Å²) in [6.07, 6.45) is 6.47. The van der Waals surface area contributed by atoms with E-state index in [1.165, 1.54) is 13.4 Å². The number of ether oxygens (including phenoxy) is 1. The van der Waals surface area contributed by atoms with Gasteiger partial charge < -0.3 is 19.8 Å². The van der Waals surface area contributed by atoms with Crippen molar-refractivity contribution in [2.45, 2.75) is 26.3 Å². The predicted molar refractivity (Wildman–Crippen MR) is 124 cm³/mol. The van der Waals surface area contributed by atoms with Gasteiger partial charge in [0.05, 0.1) is 18.3 Å². The van der Waals surface area contributed by atoms with Crippen LogP contribution in [0.25, 0.3) is 22.4 Å². The minimum atomic E-state index is -0.418. The third-order valence-electron chi connectivity index (χ3n) is 5.87. The van der Waals surface area contributed by atoms with E-state index in [2.05, 4.69) is 25.7 Å². The topological polar surface area (TPSA) is 124 Å². The van der Waals surface area contributed by atoms with Crippen LogP contribution in [0.2, 0.25) is 0 Å². The molecular formula is C24H24N6O4. The maximum atomic E-state index is 12.9. The van der Waals surface area contributed by atoms with Gasteiger partial charge in [0.25, 0.3) is 5.91 Å². The summed E-state index contributed by atoms with van der Waals surface area (Å²) >= 11 is 0. The first-order valence-corrected chi connectivity index (χ1v) is 11.0. The van der Waals surface area contributed by atoms with E-state index < -0.39 is 5.91 Å². The van der Waals surface area contributed by atoms with Crippen LogP contribution < -0.4 is 15.4 Å². The third-order valence-corrected chi connectivity index (χ3v) is 5.87. The van der Waals surface area contributed by atoms with E-state index in [1.54, 1.807) is 18.3 Å². The number of pyridine rings is 1. The molecule has 0 bridgehead atoms. The first-order valence-electron chi connectivity index (χ1n) is 11.0. The number of amides is 2. The first kappa shape index (κ1) is 21.6. The molecule has 1 atom stereocenters. The van der Waals surface area contributed by atoms with Crippen LogP contribution in [0.3, 0.4) is 0 Å². The standard InChI is InChI=1S/C24H24N6O4/c1-14-9-16(4-6-25-14)24-28-20(13-34-24)23(32)27-19-10-17-12-30(29-18(17)11-21(19)33-2)8-5-15-3-7-26-22(15)31/h4,6,9-13,15H,3,5,7-8H2,1-2H3,(H,26,31)(H,27,32). The zero-order chi connectivity index (χ0) is 23.7. The van der Waals surface area contributed by atoms with Crippen LogP contribution in [-0.4, -0.2) is 45.2 Å². The van der Waals surface area contributed by atoms with E-state index in [0.29, 0.717) is 23.9 Å². The van der Waals surface area contributed by atoms with Gasteiger partial charge in [0.1, 0.15) is 12.0 Å². The fraction of sp³-hybridized carbons (Fsp3) is 0.292. The Labute approximate surface area is 195 Å². The zero-order valence-electron chi connectivity index (χ0n) is 18.9. The molecule has 0 saturated carbocycles. The lowest BCUT2D eigenvalue weighted by atomic mass is 10.0. The van der Waals surface area contributed by atoms with E-state index in [1.807, 2.05) is 29.9 Å². The summed E-state index contributed by atoms with van der Waals surface area (Å²) < 4.78 is 12.8. The number of nitrogens with one attached hydrogen (secondary N) is 2. The smallest absolute Gasteiger partial charge is 0.277 e. The van der Waals surface area contributed by atoms with Gasteiger partial charge in [0.2, 0.25) is 11.8 Å². The highest BCUT2D eigenvalue weighted by Gasteiger charge is 2.24. The lowest BCUT2D eigenvalue weighted by molar-refractivity contribution is -0.122. The van der Waals surface area contributed by atoms with Crippen LogP contribution >= 0.6 is 0 Å². The number of carbonyl (C=O) groups excluding carboxylic acids is 2. The Hall–Kier alpha value is -4.21. The highest BCUT2D eigenvalue weighted by atomic mass is 16.5. The summed E-state index contributed by atoms with van der Waals surface area (Å²) in [5.74, 6) is 0.543. The molecule has 4 heterocycles. The minimum Gasteiger partial charge on any atom is -0.494 e. The van der Waals surface area contributed by atoms with Gasteiger partial charge in [-0.1, -0.05) is 0 Å². The molecule has 10 nitrogen and oxygen atoms in total. The highest BCUT2D eigenvalue weighted by molar-refractivity contribution is 6.05. The van der Waals surface area contributed by atoms with Crippen LogP contribution in [0, 0.1) is 12.8 Å². The maximum Gasteiger partial charge on any atom is 0.277 e. The second-order valence-electron chi connectivity index (χ2n) is 8.25. The van der Waals surface area contributed by atoms with Gasteiger partial charge in [-0.2, -0.15) is 5.10 Å². The summed E-state index contributed by atoms with van der Waals surface area (Å²) in [5, 5.41) is 11.1. The number of methoxy groups -OCH3 is 1. The summed E-state index contributed by atoms with van der Waals surface area (Å²) in [4.78, 5) is 33.1. The van der Waals surface area contributed by atoms with Crippen LogP contribution in [0.5, 0.6) is 5.75 Å². The van der Waals surface area contributed by atoms with Crippen LogP contribution in [-0.2, 0) is 11.3 Å². The number of rotatable bonds is 7. The predicted octanol–water partition coefficient (Wildman–Crippen LogP) is 3.18. The van der Waals surface area contributed by atoms with E-state index in [0.717, 1.165) is 41.5 Å². The Balaban J connectivity index is 1.33. The highest BCUT2D eigenvalue weighted by Crippen LogP contribution is 2.30. The third kappa shape index (κ3) is 4.34. The number of aromatic nitrogens is 4. The number of oxazole rings is 1. The molecule has 3 aromatic heterocycles. The molecule has 174 valence electrons. The number of carbonyl (C=O) groups is 2. The monoisotopic (exact) mass is 460 g/mol. The van der Waals surface area contributed by atoms with Gasteiger partial charge in [0.15, 0.2) is 5.69 Å². The van der Waals surface area contributed by atoms with Gasteiger partial charge in [-0.3, -0.25) is 19.3 Å². The first-order chi connectivity index (χ1) is 16.5. The van der Waals surface area contributed by atoms with Crippen molar-refractivity contribution in [2.75, 3.05) is 19.0 Å². The molecule has 1 saturated heterocycles. The number of hydrogen-bond donors (Lipinski definition) is 2. The molecule has 2 amide bonds. The van der Waals surface area contributed by atoms with E-state index in [-0.39, 0.29) is 17.5 Å². The zero-order valence-corrected chi connectivity index (χ0v) is 18.9. The molecule has 1 unspecified atom stereocenters. The average molecular weight is 460 g/mol. The molecule has 1 aliphatic rings. The van der Waals surface area contributed by atoms with Crippen LogP contribution in [0.1, 0.15) is 29.0 Å². The molecule has 0 spiro atoms. The van der Waals surface area contributed by atoms with Crippen LogP contribution in [0.15, 0.2) is 47.3 Å². The lowest BCUT2D eigenvalue weighted by Gasteiger charge is -2.09. The molecule has 0 aliphatic carbocycles. The number of benzene rings is 1. The molecule has 2 N–H and O–H groups in total. The maximum absolute atomic E-state index is 12.9. The van der Waals surface area contributed by atoms with Crippen molar-refractivity contribution in [3.05, 3.63) is 54.3 Å². The van der Waals surface area contributed by atoms with E-state index >= 15 is 0 Å². The number of anilines is 1. The molecule has 5 rings (SSSR count). The summed E-state index contributed by atoms with van der Waals surface area (Å²) in [6, 6.07) is 7.19. The van der Waals surface area contributed by atoms with Crippen molar-refractivity contribution in [1.29, 1.82) is 0 Å². The Morgan fingerprint density at radius 1 is 1.35 bits per heavy atom. The molecule has 1 aromatic carbocycles. The van der Waals surface area contributed by atoms with Gasteiger partial charge in [-0.05, 0) is 38.0 Å². The molecular weight excluding hydrogens is 436 g/mol. The van der Waals surface area contributed by atoms with Crippen molar-refractivity contribution >= 4 is 28.4 Å². The molecule has 34 heavy (non-hydrogen) atoms. The number of nitrogens with zero attached hydrogens (tertiary/aromatic N) is 4. The molecule has 0 radical (unpaired) electrons. The SMILES string of the molecule is COc1cc2nn(CCC3CCNC3=O)cc2cc1NC(=O)c1coc(-c2ccnc(C)c2)n1. The van der Waals surface area contributed by atoms with E-state index in [4.69, 9.17) is 9.15 Å². The number of aryl methyl sites for hydroxylation is 2. The van der Waals surface area contributed by atoms with Crippen molar-refractivity contribution < 1.29 is 18.7 Å². The number of hydrogen-bond acceptors (Lipinski definition) is 7. The Bertz CT molecular complexity index is 1380. The molecule has 4 aromatic rings. The normalized spacial score (nSPS) is 15.5. The summed E-state index contributed by atoms with van der Waals surface area (Å²) in [6.45, 7) is 3.24. The molecule has 1 fully saturated rings. The van der Waals surface area contributed by atoms with E-state index in [9.17, 15) is 9.59 Å². The summed E-state index contributed by atoms with van der Waals surface area (Å²) in [5.41, 5.74) is 2.96. The van der Waals surface area contributed by atoms with Gasteiger partial charge in [0, 0.05) is 54.1 Å².